The Bertz CT molecular complexity index is 511. The van der Waals surface area contributed by atoms with Crippen LogP contribution in [0.3, 0.4) is 0 Å². The van der Waals surface area contributed by atoms with Gasteiger partial charge in [0, 0.05) is 16.8 Å². The first-order valence-electron chi connectivity index (χ1n) is 6.72. The first-order valence-corrected chi connectivity index (χ1v) is 8.83. The van der Waals surface area contributed by atoms with Gasteiger partial charge in [0.25, 0.3) is 0 Å². The SMILES string of the molecule is CCCNCc1nc(COc2ccc(SC)cc2)cs1. The number of hydrogen-bond acceptors (Lipinski definition) is 5. The topological polar surface area (TPSA) is 34.2 Å². The van der Waals surface area contributed by atoms with Gasteiger partial charge in [-0.2, -0.15) is 0 Å². The van der Waals surface area contributed by atoms with Crippen molar-refractivity contribution < 1.29 is 4.74 Å². The fraction of sp³-hybridized carbons (Fsp3) is 0.400. The van der Waals surface area contributed by atoms with Gasteiger partial charge in [-0.05, 0) is 43.5 Å². The van der Waals surface area contributed by atoms with E-state index < -0.39 is 0 Å². The molecule has 0 amide bonds. The molecule has 0 aliphatic heterocycles. The van der Waals surface area contributed by atoms with Gasteiger partial charge < -0.3 is 10.1 Å². The Morgan fingerprint density at radius 1 is 1.30 bits per heavy atom. The average Bonchev–Trinajstić information content (AvgIpc) is 2.94. The highest BCUT2D eigenvalue weighted by atomic mass is 32.2. The van der Waals surface area contributed by atoms with Crippen LogP contribution < -0.4 is 10.1 Å². The first-order chi connectivity index (χ1) is 9.81. The fourth-order valence-corrected chi connectivity index (χ4v) is 2.85. The molecule has 20 heavy (non-hydrogen) atoms. The number of ether oxygens (including phenoxy) is 1. The molecule has 0 unspecified atom stereocenters. The van der Waals surface area contributed by atoms with Crippen molar-refractivity contribution in [3.63, 3.8) is 0 Å². The van der Waals surface area contributed by atoms with E-state index in [2.05, 4.69) is 41.0 Å². The molecule has 1 N–H and O–H groups in total. The quantitative estimate of drug-likeness (QED) is 0.591. The Hall–Kier alpha value is -1.04. The monoisotopic (exact) mass is 308 g/mol. The third kappa shape index (κ3) is 4.81. The van der Waals surface area contributed by atoms with E-state index in [1.807, 2.05) is 12.1 Å². The first kappa shape index (κ1) is 15.4. The van der Waals surface area contributed by atoms with E-state index in [4.69, 9.17) is 4.74 Å². The summed E-state index contributed by atoms with van der Waals surface area (Å²) in [4.78, 5) is 5.80. The molecule has 1 aromatic heterocycles. The maximum atomic E-state index is 5.75. The molecular formula is C15H20N2OS2. The Kier molecular flexibility index (Phi) is 6.36. The molecule has 108 valence electrons. The third-order valence-corrected chi connectivity index (χ3v) is 4.39. The maximum Gasteiger partial charge on any atom is 0.131 e. The molecule has 0 fully saturated rings. The molecule has 0 aliphatic rings. The minimum absolute atomic E-state index is 0.531. The highest BCUT2D eigenvalue weighted by molar-refractivity contribution is 7.98. The number of nitrogens with one attached hydrogen (secondary N) is 1. The summed E-state index contributed by atoms with van der Waals surface area (Å²) in [6.45, 7) is 4.58. The molecule has 5 heteroatoms. The number of thioether (sulfide) groups is 1. The second kappa shape index (κ2) is 8.29. The summed E-state index contributed by atoms with van der Waals surface area (Å²) >= 11 is 3.42. The summed E-state index contributed by atoms with van der Waals surface area (Å²) in [6.07, 6.45) is 3.21. The molecule has 0 aliphatic carbocycles. The minimum atomic E-state index is 0.531. The molecule has 0 saturated heterocycles. The van der Waals surface area contributed by atoms with Gasteiger partial charge in [-0.25, -0.2) is 4.98 Å². The molecule has 0 spiro atoms. The Morgan fingerprint density at radius 2 is 2.10 bits per heavy atom. The van der Waals surface area contributed by atoms with Crippen molar-refractivity contribution in [2.45, 2.75) is 31.4 Å². The molecule has 0 bridgehead atoms. The van der Waals surface area contributed by atoms with Crippen molar-refractivity contribution in [2.24, 2.45) is 0 Å². The molecule has 2 rings (SSSR count). The molecule has 0 atom stereocenters. The van der Waals surface area contributed by atoms with Crippen molar-refractivity contribution in [3.8, 4) is 5.75 Å². The number of rotatable bonds is 8. The van der Waals surface area contributed by atoms with Gasteiger partial charge in [0.05, 0.1) is 5.69 Å². The van der Waals surface area contributed by atoms with Crippen LogP contribution in [0.25, 0.3) is 0 Å². The summed E-state index contributed by atoms with van der Waals surface area (Å²) in [6, 6.07) is 8.14. The average molecular weight is 308 g/mol. The van der Waals surface area contributed by atoms with Crippen LogP contribution in [0.1, 0.15) is 24.0 Å². The zero-order valence-electron chi connectivity index (χ0n) is 11.9. The molecule has 2 aromatic rings. The van der Waals surface area contributed by atoms with E-state index in [0.717, 1.165) is 36.0 Å². The van der Waals surface area contributed by atoms with Gasteiger partial charge in [0.15, 0.2) is 0 Å². The molecule has 1 heterocycles. The van der Waals surface area contributed by atoms with Crippen LogP contribution >= 0.6 is 23.1 Å². The largest absolute Gasteiger partial charge is 0.487 e. The lowest BCUT2D eigenvalue weighted by molar-refractivity contribution is 0.301. The van der Waals surface area contributed by atoms with Crippen LogP contribution in [-0.4, -0.2) is 17.8 Å². The van der Waals surface area contributed by atoms with Crippen molar-refractivity contribution in [2.75, 3.05) is 12.8 Å². The van der Waals surface area contributed by atoms with Gasteiger partial charge in [-0.3, -0.25) is 0 Å². The molecule has 0 saturated carbocycles. The van der Waals surface area contributed by atoms with Gasteiger partial charge in [-0.1, -0.05) is 6.92 Å². The predicted molar refractivity (Wildman–Crippen MR) is 86.7 cm³/mol. The Morgan fingerprint density at radius 3 is 2.80 bits per heavy atom. The van der Waals surface area contributed by atoms with E-state index in [1.54, 1.807) is 23.1 Å². The molecular weight excluding hydrogens is 288 g/mol. The van der Waals surface area contributed by atoms with Crippen molar-refractivity contribution in [1.29, 1.82) is 0 Å². The van der Waals surface area contributed by atoms with Crippen molar-refractivity contribution in [3.05, 3.63) is 40.3 Å². The third-order valence-electron chi connectivity index (χ3n) is 2.75. The summed E-state index contributed by atoms with van der Waals surface area (Å²) in [7, 11) is 0. The van der Waals surface area contributed by atoms with Crippen molar-refractivity contribution >= 4 is 23.1 Å². The molecule has 3 nitrogen and oxygen atoms in total. The standard InChI is InChI=1S/C15H20N2OS2/c1-3-8-16-9-15-17-12(11-20-15)10-18-13-4-6-14(19-2)7-5-13/h4-7,11,16H,3,8-10H2,1-2H3. The summed E-state index contributed by atoms with van der Waals surface area (Å²) in [5.74, 6) is 0.890. The number of benzene rings is 1. The molecule has 0 radical (unpaired) electrons. The Labute approximate surface area is 128 Å². The smallest absolute Gasteiger partial charge is 0.131 e. The van der Waals surface area contributed by atoms with E-state index in [0.29, 0.717) is 6.61 Å². The van der Waals surface area contributed by atoms with E-state index in [9.17, 15) is 0 Å². The highest BCUT2D eigenvalue weighted by Gasteiger charge is 2.03. The number of thiazole rings is 1. The van der Waals surface area contributed by atoms with Crippen LogP contribution in [0.5, 0.6) is 5.75 Å². The van der Waals surface area contributed by atoms with E-state index >= 15 is 0 Å². The van der Waals surface area contributed by atoms with Gasteiger partial charge in [-0.15, -0.1) is 23.1 Å². The van der Waals surface area contributed by atoms with Crippen LogP contribution in [-0.2, 0) is 13.2 Å². The van der Waals surface area contributed by atoms with E-state index in [1.165, 1.54) is 4.90 Å². The van der Waals surface area contributed by atoms with Crippen LogP contribution in [0.2, 0.25) is 0 Å². The van der Waals surface area contributed by atoms with Crippen LogP contribution in [0.4, 0.5) is 0 Å². The van der Waals surface area contributed by atoms with Gasteiger partial charge in [0.1, 0.15) is 17.4 Å². The number of nitrogens with zero attached hydrogens (tertiary/aromatic N) is 1. The van der Waals surface area contributed by atoms with Crippen molar-refractivity contribution in [1.82, 2.24) is 10.3 Å². The lowest BCUT2D eigenvalue weighted by Crippen LogP contribution is -2.13. The minimum Gasteiger partial charge on any atom is -0.487 e. The fourth-order valence-electron chi connectivity index (χ4n) is 1.70. The number of hydrogen-bond donors (Lipinski definition) is 1. The summed E-state index contributed by atoms with van der Waals surface area (Å²) in [5, 5.41) is 6.54. The number of aromatic nitrogens is 1. The van der Waals surface area contributed by atoms with E-state index in [-0.39, 0.29) is 0 Å². The zero-order valence-corrected chi connectivity index (χ0v) is 13.5. The zero-order chi connectivity index (χ0) is 14.2. The lowest BCUT2D eigenvalue weighted by Gasteiger charge is -2.04. The second-order valence-electron chi connectivity index (χ2n) is 4.37. The Balaban J connectivity index is 1.81. The van der Waals surface area contributed by atoms with Gasteiger partial charge >= 0.3 is 0 Å². The highest BCUT2D eigenvalue weighted by Crippen LogP contribution is 2.20. The van der Waals surface area contributed by atoms with Crippen LogP contribution in [0, 0.1) is 0 Å². The predicted octanol–water partition coefficient (Wildman–Crippen LogP) is 3.94. The summed E-state index contributed by atoms with van der Waals surface area (Å²) in [5.41, 5.74) is 0.997. The summed E-state index contributed by atoms with van der Waals surface area (Å²) < 4.78 is 5.75. The van der Waals surface area contributed by atoms with Crippen LogP contribution in [0.15, 0.2) is 34.5 Å². The normalized spacial score (nSPS) is 10.7. The lowest BCUT2D eigenvalue weighted by atomic mass is 10.3. The molecule has 1 aromatic carbocycles. The maximum absolute atomic E-state index is 5.75. The second-order valence-corrected chi connectivity index (χ2v) is 6.20. The van der Waals surface area contributed by atoms with Gasteiger partial charge in [0.2, 0.25) is 0 Å².